The highest BCUT2D eigenvalue weighted by Crippen LogP contribution is 2.25. The molecule has 3 N–H and O–H groups in total. The Bertz CT molecular complexity index is 789. The standard InChI is InChI=1S/C16H16ClN5O2/c17-12-3-7-15(8-4-12)24-14-5-1-11(2-6-14)16-19-21-22(20-16)9-13(18)10-23/h1-8,13,23H,9-10,18H2/t13-/m0/s1. The molecule has 0 bridgehead atoms. The zero-order valence-corrected chi connectivity index (χ0v) is 13.5. The molecule has 7 nitrogen and oxygen atoms in total. The minimum Gasteiger partial charge on any atom is -0.457 e. The summed E-state index contributed by atoms with van der Waals surface area (Å²) in [5.41, 5.74) is 6.46. The number of hydrogen-bond acceptors (Lipinski definition) is 6. The highest BCUT2D eigenvalue weighted by atomic mass is 35.5. The van der Waals surface area contributed by atoms with Gasteiger partial charge >= 0.3 is 0 Å². The van der Waals surface area contributed by atoms with Crippen LogP contribution in [-0.2, 0) is 6.54 Å². The van der Waals surface area contributed by atoms with Gasteiger partial charge in [-0.1, -0.05) is 11.6 Å². The van der Waals surface area contributed by atoms with E-state index in [1.165, 1.54) is 4.80 Å². The fourth-order valence-corrected chi connectivity index (χ4v) is 2.14. The number of nitrogens with two attached hydrogens (primary N) is 1. The Balaban J connectivity index is 1.69. The third kappa shape index (κ3) is 4.08. The fourth-order valence-electron chi connectivity index (χ4n) is 2.01. The van der Waals surface area contributed by atoms with Crippen molar-refractivity contribution >= 4 is 11.6 Å². The Morgan fingerprint density at radius 2 is 1.71 bits per heavy atom. The van der Waals surface area contributed by atoms with E-state index in [4.69, 9.17) is 27.2 Å². The molecule has 0 aliphatic heterocycles. The molecule has 0 aliphatic carbocycles. The van der Waals surface area contributed by atoms with Gasteiger partial charge in [0.05, 0.1) is 13.2 Å². The van der Waals surface area contributed by atoms with E-state index >= 15 is 0 Å². The summed E-state index contributed by atoms with van der Waals surface area (Å²) >= 11 is 5.85. The molecule has 8 heteroatoms. The number of nitrogens with zero attached hydrogens (tertiary/aromatic N) is 4. The normalized spacial score (nSPS) is 12.1. The van der Waals surface area contributed by atoms with Crippen LogP contribution in [-0.4, -0.2) is 38.0 Å². The van der Waals surface area contributed by atoms with E-state index in [0.29, 0.717) is 28.9 Å². The van der Waals surface area contributed by atoms with Gasteiger partial charge in [-0.3, -0.25) is 0 Å². The number of halogens is 1. The van der Waals surface area contributed by atoms with Crippen LogP contribution < -0.4 is 10.5 Å². The van der Waals surface area contributed by atoms with Gasteiger partial charge in [-0.15, -0.1) is 10.2 Å². The van der Waals surface area contributed by atoms with Gasteiger partial charge in [0.2, 0.25) is 5.82 Å². The molecule has 24 heavy (non-hydrogen) atoms. The Hall–Kier alpha value is -2.48. The highest BCUT2D eigenvalue weighted by molar-refractivity contribution is 6.30. The van der Waals surface area contributed by atoms with Crippen LogP contribution in [0.5, 0.6) is 11.5 Å². The zero-order valence-electron chi connectivity index (χ0n) is 12.7. The molecule has 1 heterocycles. The molecule has 0 amide bonds. The van der Waals surface area contributed by atoms with E-state index in [1.54, 1.807) is 24.3 Å². The van der Waals surface area contributed by atoms with E-state index in [1.807, 2.05) is 24.3 Å². The Labute approximate surface area is 143 Å². The Morgan fingerprint density at radius 1 is 1.08 bits per heavy atom. The summed E-state index contributed by atoms with van der Waals surface area (Å²) in [5, 5.41) is 21.8. The van der Waals surface area contributed by atoms with Crippen molar-refractivity contribution in [3.63, 3.8) is 0 Å². The van der Waals surface area contributed by atoms with Crippen LogP contribution in [0.2, 0.25) is 5.02 Å². The van der Waals surface area contributed by atoms with E-state index in [9.17, 15) is 0 Å². The average Bonchev–Trinajstić information content (AvgIpc) is 3.06. The van der Waals surface area contributed by atoms with Crippen LogP contribution in [0.3, 0.4) is 0 Å². The number of aromatic nitrogens is 4. The minimum absolute atomic E-state index is 0.131. The first-order valence-electron chi connectivity index (χ1n) is 7.32. The summed E-state index contributed by atoms with van der Waals surface area (Å²) in [7, 11) is 0. The molecule has 0 saturated heterocycles. The largest absolute Gasteiger partial charge is 0.457 e. The number of rotatable bonds is 6. The first-order chi connectivity index (χ1) is 11.6. The molecule has 0 saturated carbocycles. The van der Waals surface area contributed by atoms with E-state index in [0.717, 1.165) is 5.56 Å². The maximum atomic E-state index is 8.95. The van der Waals surface area contributed by atoms with Gasteiger partial charge in [0.25, 0.3) is 0 Å². The predicted octanol–water partition coefficient (Wildman–Crippen LogP) is 2.11. The molecule has 0 radical (unpaired) electrons. The molecular weight excluding hydrogens is 330 g/mol. The first-order valence-corrected chi connectivity index (χ1v) is 7.70. The Kier molecular flexibility index (Phi) is 5.05. The Morgan fingerprint density at radius 3 is 2.33 bits per heavy atom. The number of aliphatic hydroxyl groups is 1. The van der Waals surface area contributed by atoms with Gasteiger partial charge in [0.15, 0.2) is 0 Å². The van der Waals surface area contributed by atoms with Crippen LogP contribution >= 0.6 is 11.6 Å². The van der Waals surface area contributed by atoms with Crippen molar-refractivity contribution in [3.8, 4) is 22.9 Å². The van der Waals surface area contributed by atoms with Crippen molar-refractivity contribution in [2.75, 3.05) is 6.61 Å². The third-order valence-corrected chi connectivity index (χ3v) is 3.50. The summed E-state index contributed by atoms with van der Waals surface area (Å²) in [5.74, 6) is 1.88. The van der Waals surface area contributed by atoms with E-state index < -0.39 is 6.04 Å². The first kappa shape index (κ1) is 16.4. The van der Waals surface area contributed by atoms with Crippen LogP contribution in [0, 0.1) is 0 Å². The second-order valence-corrected chi connectivity index (χ2v) is 5.63. The number of tetrazole rings is 1. The van der Waals surface area contributed by atoms with Crippen LogP contribution in [0.25, 0.3) is 11.4 Å². The van der Waals surface area contributed by atoms with Crippen molar-refractivity contribution < 1.29 is 9.84 Å². The average molecular weight is 346 g/mol. The maximum Gasteiger partial charge on any atom is 0.204 e. The third-order valence-electron chi connectivity index (χ3n) is 3.25. The van der Waals surface area contributed by atoms with Gasteiger partial charge in [-0.2, -0.15) is 4.80 Å². The second-order valence-electron chi connectivity index (χ2n) is 5.19. The molecular formula is C16H16ClN5O2. The molecule has 3 aromatic rings. The topological polar surface area (TPSA) is 99.1 Å². The number of hydrogen-bond donors (Lipinski definition) is 2. The van der Waals surface area contributed by atoms with Crippen LogP contribution in [0.15, 0.2) is 48.5 Å². The predicted molar refractivity (Wildman–Crippen MR) is 89.8 cm³/mol. The molecule has 0 spiro atoms. The molecule has 3 rings (SSSR count). The summed E-state index contributed by atoms with van der Waals surface area (Å²) in [6, 6.07) is 14.1. The molecule has 0 aliphatic rings. The van der Waals surface area contributed by atoms with Crippen molar-refractivity contribution in [1.82, 2.24) is 20.2 Å². The SMILES string of the molecule is N[C@H](CO)Cn1nnc(-c2ccc(Oc3ccc(Cl)cc3)cc2)n1. The number of ether oxygens (including phenoxy) is 1. The molecule has 0 unspecified atom stereocenters. The van der Waals surface area contributed by atoms with Crippen molar-refractivity contribution in [1.29, 1.82) is 0 Å². The lowest BCUT2D eigenvalue weighted by Crippen LogP contribution is -2.30. The second kappa shape index (κ2) is 7.39. The van der Waals surface area contributed by atoms with Gasteiger partial charge in [-0.05, 0) is 53.7 Å². The molecule has 1 aromatic heterocycles. The summed E-state index contributed by atoms with van der Waals surface area (Å²) in [6.07, 6.45) is 0. The van der Waals surface area contributed by atoms with Gasteiger partial charge < -0.3 is 15.6 Å². The van der Waals surface area contributed by atoms with Crippen molar-refractivity contribution in [2.24, 2.45) is 5.73 Å². The number of benzene rings is 2. The van der Waals surface area contributed by atoms with E-state index in [2.05, 4.69) is 15.4 Å². The lowest BCUT2D eigenvalue weighted by Gasteiger charge is -2.06. The number of aliphatic hydroxyl groups excluding tert-OH is 1. The van der Waals surface area contributed by atoms with Crippen LogP contribution in [0.1, 0.15) is 0 Å². The molecule has 1 atom stereocenters. The minimum atomic E-state index is -0.415. The van der Waals surface area contributed by atoms with E-state index in [-0.39, 0.29) is 6.61 Å². The van der Waals surface area contributed by atoms with Crippen molar-refractivity contribution in [3.05, 3.63) is 53.6 Å². The lowest BCUT2D eigenvalue weighted by atomic mass is 10.2. The van der Waals surface area contributed by atoms with Gasteiger partial charge in [0.1, 0.15) is 11.5 Å². The monoisotopic (exact) mass is 345 g/mol. The van der Waals surface area contributed by atoms with Gasteiger partial charge in [0, 0.05) is 16.6 Å². The smallest absolute Gasteiger partial charge is 0.204 e. The summed E-state index contributed by atoms with van der Waals surface area (Å²) in [6.45, 7) is 0.175. The quantitative estimate of drug-likeness (QED) is 0.709. The lowest BCUT2D eigenvalue weighted by molar-refractivity contribution is 0.245. The summed E-state index contributed by atoms with van der Waals surface area (Å²) < 4.78 is 5.73. The highest BCUT2D eigenvalue weighted by Gasteiger charge is 2.09. The molecule has 124 valence electrons. The maximum absolute atomic E-state index is 8.95. The molecule has 0 fully saturated rings. The molecule has 2 aromatic carbocycles. The fraction of sp³-hybridized carbons (Fsp3) is 0.188. The van der Waals surface area contributed by atoms with Crippen molar-refractivity contribution in [2.45, 2.75) is 12.6 Å². The summed E-state index contributed by atoms with van der Waals surface area (Å²) in [4.78, 5) is 1.37. The van der Waals surface area contributed by atoms with Gasteiger partial charge in [-0.25, -0.2) is 0 Å². The van der Waals surface area contributed by atoms with Crippen LogP contribution in [0.4, 0.5) is 0 Å². The zero-order chi connectivity index (χ0) is 16.9.